The second-order valence-electron chi connectivity index (χ2n) is 5.78. The molecular formula is C18H20N4O2. The van der Waals surface area contributed by atoms with Crippen LogP contribution in [0.4, 0.5) is 11.5 Å². The van der Waals surface area contributed by atoms with E-state index in [4.69, 9.17) is 0 Å². The van der Waals surface area contributed by atoms with E-state index in [9.17, 15) is 9.59 Å². The molecule has 1 atom stereocenters. The van der Waals surface area contributed by atoms with E-state index in [-0.39, 0.29) is 17.7 Å². The van der Waals surface area contributed by atoms with Gasteiger partial charge in [-0.25, -0.2) is 4.98 Å². The summed E-state index contributed by atoms with van der Waals surface area (Å²) in [5, 5.41) is 8.82. The van der Waals surface area contributed by atoms with E-state index in [0.717, 1.165) is 19.4 Å². The van der Waals surface area contributed by atoms with E-state index in [1.54, 1.807) is 42.6 Å². The number of piperidine rings is 1. The van der Waals surface area contributed by atoms with Crippen LogP contribution >= 0.6 is 0 Å². The fourth-order valence-corrected chi connectivity index (χ4v) is 2.64. The molecule has 1 saturated heterocycles. The number of aromatic nitrogens is 1. The molecule has 1 aromatic heterocycles. The van der Waals surface area contributed by atoms with Crippen molar-refractivity contribution in [1.82, 2.24) is 10.3 Å². The maximum absolute atomic E-state index is 12.2. The van der Waals surface area contributed by atoms with Gasteiger partial charge in [0.05, 0.1) is 17.8 Å². The van der Waals surface area contributed by atoms with Crippen molar-refractivity contribution in [2.24, 2.45) is 5.92 Å². The summed E-state index contributed by atoms with van der Waals surface area (Å²) in [6.07, 6.45) is 3.47. The zero-order valence-electron chi connectivity index (χ0n) is 13.3. The Morgan fingerprint density at radius 2 is 1.92 bits per heavy atom. The summed E-state index contributed by atoms with van der Waals surface area (Å²) < 4.78 is 0. The molecule has 1 unspecified atom stereocenters. The van der Waals surface area contributed by atoms with Crippen LogP contribution in [0.15, 0.2) is 48.7 Å². The van der Waals surface area contributed by atoms with Gasteiger partial charge in [0.1, 0.15) is 5.82 Å². The van der Waals surface area contributed by atoms with Crippen molar-refractivity contribution < 1.29 is 9.59 Å². The molecule has 1 fully saturated rings. The molecule has 0 bridgehead atoms. The molecule has 2 heterocycles. The number of nitrogens with one attached hydrogen (secondary N) is 3. The predicted octanol–water partition coefficient (Wildman–Crippen LogP) is 2.27. The molecule has 1 aliphatic rings. The Morgan fingerprint density at radius 3 is 2.58 bits per heavy atom. The number of carbonyl (C=O) groups excluding carboxylic acids is 2. The SMILES string of the molecule is O=C(Nc1ccc(NC(=O)C2CCCNC2)cn1)c1ccccc1. The molecular weight excluding hydrogens is 304 g/mol. The number of hydrogen-bond donors (Lipinski definition) is 3. The Morgan fingerprint density at radius 1 is 1.08 bits per heavy atom. The first kappa shape index (κ1) is 16.1. The van der Waals surface area contributed by atoms with E-state index in [0.29, 0.717) is 23.6 Å². The number of hydrogen-bond acceptors (Lipinski definition) is 4. The van der Waals surface area contributed by atoms with E-state index in [1.807, 2.05) is 6.07 Å². The molecule has 2 aromatic rings. The average molecular weight is 324 g/mol. The first-order chi connectivity index (χ1) is 11.7. The lowest BCUT2D eigenvalue weighted by molar-refractivity contribution is -0.120. The summed E-state index contributed by atoms with van der Waals surface area (Å²) in [5.41, 5.74) is 1.20. The van der Waals surface area contributed by atoms with Crippen molar-refractivity contribution >= 4 is 23.3 Å². The third-order valence-electron chi connectivity index (χ3n) is 3.98. The number of benzene rings is 1. The van der Waals surface area contributed by atoms with Crippen molar-refractivity contribution in [2.45, 2.75) is 12.8 Å². The minimum atomic E-state index is -0.215. The highest BCUT2D eigenvalue weighted by atomic mass is 16.2. The molecule has 3 rings (SSSR count). The van der Waals surface area contributed by atoms with Crippen LogP contribution in [0.2, 0.25) is 0 Å². The van der Waals surface area contributed by atoms with Crippen LogP contribution < -0.4 is 16.0 Å². The number of rotatable bonds is 4. The van der Waals surface area contributed by atoms with Crippen molar-refractivity contribution in [1.29, 1.82) is 0 Å². The van der Waals surface area contributed by atoms with E-state index < -0.39 is 0 Å². The van der Waals surface area contributed by atoms with Crippen LogP contribution in [0.5, 0.6) is 0 Å². The third-order valence-corrected chi connectivity index (χ3v) is 3.98. The molecule has 0 saturated carbocycles. The van der Waals surface area contributed by atoms with Gasteiger partial charge >= 0.3 is 0 Å². The van der Waals surface area contributed by atoms with Gasteiger partial charge in [0.15, 0.2) is 0 Å². The molecule has 3 N–H and O–H groups in total. The number of anilines is 2. The van der Waals surface area contributed by atoms with Gasteiger partial charge in [-0.15, -0.1) is 0 Å². The van der Waals surface area contributed by atoms with E-state index in [2.05, 4.69) is 20.9 Å². The maximum Gasteiger partial charge on any atom is 0.256 e. The smallest absolute Gasteiger partial charge is 0.256 e. The third kappa shape index (κ3) is 4.17. The number of pyridine rings is 1. The van der Waals surface area contributed by atoms with Crippen LogP contribution in [0.25, 0.3) is 0 Å². The predicted molar refractivity (Wildman–Crippen MR) is 92.9 cm³/mol. The number of carbonyl (C=O) groups is 2. The lowest BCUT2D eigenvalue weighted by atomic mass is 9.99. The highest BCUT2D eigenvalue weighted by molar-refractivity contribution is 6.03. The first-order valence-electron chi connectivity index (χ1n) is 8.06. The first-order valence-corrected chi connectivity index (χ1v) is 8.06. The summed E-state index contributed by atoms with van der Waals surface area (Å²) in [7, 11) is 0. The van der Waals surface area contributed by atoms with Crippen molar-refractivity contribution in [3.8, 4) is 0 Å². The van der Waals surface area contributed by atoms with Crippen LogP contribution in [-0.2, 0) is 4.79 Å². The molecule has 0 aliphatic carbocycles. The molecule has 2 amide bonds. The van der Waals surface area contributed by atoms with Gasteiger partial charge < -0.3 is 16.0 Å². The van der Waals surface area contributed by atoms with Crippen molar-refractivity contribution in [3.05, 3.63) is 54.2 Å². The molecule has 1 aromatic carbocycles. The lowest BCUT2D eigenvalue weighted by Crippen LogP contribution is -2.37. The highest BCUT2D eigenvalue weighted by Crippen LogP contribution is 2.15. The highest BCUT2D eigenvalue weighted by Gasteiger charge is 2.20. The maximum atomic E-state index is 12.2. The Hall–Kier alpha value is -2.73. The monoisotopic (exact) mass is 324 g/mol. The molecule has 6 nitrogen and oxygen atoms in total. The van der Waals surface area contributed by atoms with Gasteiger partial charge in [-0.3, -0.25) is 9.59 Å². The number of amides is 2. The Labute approximate surface area is 140 Å². The van der Waals surface area contributed by atoms with Crippen LogP contribution in [0, 0.1) is 5.92 Å². The molecule has 124 valence electrons. The van der Waals surface area contributed by atoms with Crippen LogP contribution in [0.1, 0.15) is 23.2 Å². The molecule has 1 aliphatic heterocycles. The van der Waals surface area contributed by atoms with Gasteiger partial charge in [-0.2, -0.15) is 0 Å². The standard InChI is InChI=1S/C18H20N4O2/c23-17(13-5-2-1-3-6-13)22-16-9-8-15(12-20-16)21-18(24)14-7-4-10-19-11-14/h1-3,5-6,8-9,12,14,19H,4,7,10-11H2,(H,21,24)(H,20,22,23). The van der Waals surface area contributed by atoms with E-state index >= 15 is 0 Å². The molecule has 0 spiro atoms. The van der Waals surface area contributed by atoms with Gasteiger partial charge in [0.2, 0.25) is 5.91 Å². The lowest BCUT2D eigenvalue weighted by Gasteiger charge is -2.21. The van der Waals surface area contributed by atoms with E-state index in [1.165, 1.54) is 0 Å². The van der Waals surface area contributed by atoms with Crippen molar-refractivity contribution in [3.63, 3.8) is 0 Å². The van der Waals surface area contributed by atoms with Crippen LogP contribution in [0.3, 0.4) is 0 Å². The van der Waals surface area contributed by atoms with Gasteiger partial charge in [-0.05, 0) is 43.7 Å². The zero-order valence-corrected chi connectivity index (χ0v) is 13.3. The minimum absolute atomic E-state index is 0.00351. The van der Waals surface area contributed by atoms with Crippen molar-refractivity contribution in [2.75, 3.05) is 23.7 Å². The fourth-order valence-electron chi connectivity index (χ4n) is 2.64. The number of nitrogens with zero attached hydrogens (tertiary/aromatic N) is 1. The summed E-state index contributed by atoms with van der Waals surface area (Å²) in [6, 6.07) is 12.4. The summed E-state index contributed by atoms with van der Waals surface area (Å²) in [4.78, 5) is 28.4. The van der Waals surface area contributed by atoms with Gasteiger partial charge in [0, 0.05) is 12.1 Å². The molecule has 0 radical (unpaired) electrons. The second-order valence-corrected chi connectivity index (χ2v) is 5.78. The van der Waals surface area contributed by atoms with Crippen LogP contribution in [-0.4, -0.2) is 29.9 Å². The largest absolute Gasteiger partial charge is 0.324 e. The Kier molecular flexibility index (Phi) is 5.18. The van der Waals surface area contributed by atoms with Gasteiger partial charge in [0.25, 0.3) is 5.91 Å². The fraction of sp³-hybridized carbons (Fsp3) is 0.278. The topological polar surface area (TPSA) is 83.1 Å². The second kappa shape index (κ2) is 7.70. The normalized spacial score (nSPS) is 17.1. The minimum Gasteiger partial charge on any atom is -0.324 e. The summed E-state index contributed by atoms with van der Waals surface area (Å²) in [6.45, 7) is 1.69. The zero-order chi connectivity index (χ0) is 16.8. The summed E-state index contributed by atoms with van der Waals surface area (Å²) in [5.74, 6) is 0.232. The Balaban J connectivity index is 1.57. The molecule has 6 heteroatoms. The Bertz CT molecular complexity index is 695. The summed E-state index contributed by atoms with van der Waals surface area (Å²) >= 11 is 0. The molecule has 24 heavy (non-hydrogen) atoms. The average Bonchev–Trinajstić information content (AvgIpc) is 2.65. The quantitative estimate of drug-likeness (QED) is 0.806. The van der Waals surface area contributed by atoms with Gasteiger partial charge in [-0.1, -0.05) is 18.2 Å².